The van der Waals surface area contributed by atoms with Crippen LogP contribution in [0, 0.1) is 6.92 Å². The Balaban J connectivity index is 3.17. The van der Waals surface area contributed by atoms with Crippen LogP contribution in [0.2, 0.25) is 5.02 Å². The van der Waals surface area contributed by atoms with Gasteiger partial charge in [0.15, 0.2) is 0 Å². The Morgan fingerprint density at radius 2 is 2.27 bits per heavy atom. The van der Waals surface area contributed by atoms with Crippen molar-refractivity contribution in [1.82, 2.24) is 4.98 Å². The molecular formula is C9H8ClF2NO2. The van der Waals surface area contributed by atoms with Gasteiger partial charge >= 0.3 is 5.97 Å². The molecule has 1 rings (SSSR count). The van der Waals surface area contributed by atoms with Gasteiger partial charge in [-0.15, -0.1) is 0 Å². The van der Waals surface area contributed by atoms with E-state index in [2.05, 4.69) is 4.98 Å². The fourth-order valence-electron chi connectivity index (χ4n) is 1.11. The van der Waals surface area contributed by atoms with E-state index >= 15 is 0 Å². The summed E-state index contributed by atoms with van der Waals surface area (Å²) in [6.07, 6.45) is -3.19. The summed E-state index contributed by atoms with van der Waals surface area (Å²) in [6, 6.07) is 1.30. The monoisotopic (exact) mass is 235 g/mol. The van der Waals surface area contributed by atoms with Gasteiger partial charge in [0.25, 0.3) is 6.43 Å². The van der Waals surface area contributed by atoms with E-state index in [0.717, 1.165) is 0 Å². The Morgan fingerprint density at radius 1 is 1.67 bits per heavy atom. The Morgan fingerprint density at radius 3 is 2.73 bits per heavy atom. The van der Waals surface area contributed by atoms with E-state index in [4.69, 9.17) is 16.7 Å². The van der Waals surface area contributed by atoms with Crippen LogP contribution in [0.3, 0.4) is 0 Å². The molecule has 0 unspecified atom stereocenters. The lowest BCUT2D eigenvalue weighted by atomic mass is 10.1. The third-order valence-corrected chi connectivity index (χ3v) is 2.13. The molecular weight excluding hydrogens is 228 g/mol. The molecule has 0 aliphatic heterocycles. The third-order valence-electron chi connectivity index (χ3n) is 1.82. The van der Waals surface area contributed by atoms with Crippen LogP contribution in [0.5, 0.6) is 0 Å². The highest BCUT2D eigenvalue weighted by atomic mass is 35.5. The zero-order chi connectivity index (χ0) is 11.6. The highest BCUT2D eigenvalue weighted by Gasteiger charge is 2.17. The molecule has 0 aliphatic carbocycles. The summed E-state index contributed by atoms with van der Waals surface area (Å²) in [6.45, 7) is 1.58. The zero-order valence-electron chi connectivity index (χ0n) is 7.80. The number of aliphatic carboxylic acids is 1. The summed E-state index contributed by atoms with van der Waals surface area (Å²) < 4.78 is 24.8. The fraction of sp³-hybridized carbons (Fsp3) is 0.333. The van der Waals surface area contributed by atoms with E-state index in [1.807, 2.05) is 0 Å². The second-order valence-electron chi connectivity index (χ2n) is 2.99. The van der Waals surface area contributed by atoms with Crippen LogP contribution in [0.25, 0.3) is 0 Å². The van der Waals surface area contributed by atoms with Gasteiger partial charge in [-0.25, -0.2) is 13.8 Å². The average Bonchev–Trinajstić information content (AvgIpc) is 2.08. The second-order valence-corrected chi connectivity index (χ2v) is 3.40. The van der Waals surface area contributed by atoms with E-state index in [9.17, 15) is 13.6 Å². The minimum Gasteiger partial charge on any atom is -0.481 e. The highest BCUT2D eigenvalue weighted by molar-refractivity contribution is 6.31. The zero-order valence-corrected chi connectivity index (χ0v) is 8.55. The lowest BCUT2D eigenvalue weighted by molar-refractivity contribution is -0.136. The molecule has 1 heterocycles. The highest BCUT2D eigenvalue weighted by Crippen LogP contribution is 2.26. The molecule has 0 spiro atoms. The quantitative estimate of drug-likeness (QED) is 0.876. The van der Waals surface area contributed by atoms with Gasteiger partial charge in [0.05, 0.1) is 17.1 Å². The third kappa shape index (κ3) is 2.86. The molecule has 0 saturated carbocycles. The van der Waals surface area contributed by atoms with Crippen LogP contribution in [0.4, 0.5) is 8.78 Å². The summed E-state index contributed by atoms with van der Waals surface area (Å²) >= 11 is 5.54. The summed E-state index contributed by atoms with van der Waals surface area (Å²) in [4.78, 5) is 14.0. The predicted octanol–water partition coefficient (Wildman–Crippen LogP) is 2.61. The van der Waals surface area contributed by atoms with Crippen molar-refractivity contribution in [3.63, 3.8) is 0 Å². The van der Waals surface area contributed by atoms with E-state index in [0.29, 0.717) is 5.56 Å². The van der Waals surface area contributed by atoms with Crippen molar-refractivity contribution in [2.24, 2.45) is 0 Å². The fourth-order valence-corrected chi connectivity index (χ4v) is 1.40. The Hall–Kier alpha value is -1.23. The molecule has 3 nitrogen and oxygen atoms in total. The number of alkyl halides is 2. The molecule has 0 amide bonds. The maximum absolute atomic E-state index is 12.4. The van der Waals surface area contributed by atoms with Crippen molar-refractivity contribution in [3.8, 4) is 0 Å². The van der Waals surface area contributed by atoms with Crippen LogP contribution >= 0.6 is 11.6 Å². The average molecular weight is 236 g/mol. The van der Waals surface area contributed by atoms with Gasteiger partial charge in [0.1, 0.15) is 5.69 Å². The van der Waals surface area contributed by atoms with Crippen LogP contribution in [0.15, 0.2) is 6.07 Å². The Bertz CT molecular complexity index is 396. The van der Waals surface area contributed by atoms with Gasteiger partial charge in [0, 0.05) is 0 Å². The van der Waals surface area contributed by atoms with Crippen LogP contribution in [-0.4, -0.2) is 16.1 Å². The first-order valence-electron chi connectivity index (χ1n) is 4.07. The van der Waals surface area contributed by atoms with E-state index in [1.165, 1.54) is 6.07 Å². The summed E-state index contributed by atoms with van der Waals surface area (Å²) in [5.41, 5.74) is 0.0347. The molecule has 15 heavy (non-hydrogen) atoms. The lowest BCUT2D eigenvalue weighted by Gasteiger charge is -2.07. The van der Waals surface area contributed by atoms with Crippen molar-refractivity contribution < 1.29 is 18.7 Å². The number of hydrogen-bond acceptors (Lipinski definition) is 2. The van der Waals surface area contributed by atoms with Crippen molar-refractivity contribution in [2.45, 2.75) is 19.8 Å². The molecule has 0 atom stereocenters. The van der Waals surface area contributed by atoms with E-state index in [1.54, 1.807) is 6.92 Å². The first kappa shape index (κ1) is 11.8. The Labute approximate surface area is 89.7 Å². The number of pyridine rings is 1. The standard InChI is InChI=1S/C9H8ClF2NO2/c1-4-2-5(10)8(9(11)12)13-6(4)3-7(14)15/h2,9H,3H2,1H3,(H,14,15). The van der Waals surface area contributed by atoms with Crippen molar-refractivity contribution >= 4 is 17.6 Å². The van der Waals surface area contributed by atoms with Gasteiger partial charge in [-0.1, -0.05) is 11.6 Å². The van der Waals surface area contributed by atoms with Gasteiger partial charge in [-0.3, -0.25) is 4.79 Å². The van der Waals surface area contributed by atoms with Crippen LogP contribution in [0.1, 0.15) is 23.4 Å². The van der Waals surface area contributed by atoms with Crippen molar-refractivity contribution in [1.29, 1.82) is 0 Å². The van der Waals surface area contributed by atoms with E-state index in [-0.39, 0.29) is 17.1 Å². The minimum absolute atomic E-state index is 0.113. The van der Waals surface area contributed by atoms with Gasteiger partial charge < -0.3 is 5.11 Å². The maximum Gasteiger partial charge on any atom is 0.309 e. The molecule has 82 valence electrons. The maximum atomic E-state index is 12.4. The molecule has 0 radical (unpaired) electrons. The van der Waals surface area contributed by atoms with Gasteiger partial charge in [0.2, 0.25) is 0 Å². The molecule has 0 aliphatic rings. The summed E-state index contributed by atoms with van der Waals surface area (Å²) in [7, 11) is 0. The Kier molecular flexibility index (Phi) is 3.57. The number of nitrogens with zero attached hydrogens (tertiary/aromatic N) is 1. The molecule has 0 aromatic carbocycles. The van der Waals surface area contributed by atoms with Crippen LogP contribution in [-0.2, 0) is 11.2 Å². The molecule has 1 N–H and O–H groups in total. The minimum atomic E-state index is -2.80. The predicted molar refractivity (Wildman–Crippen MR) is 50.3 cm³/mol. The topological polar surface area (TPSA) is 50.2 Å². The number of carbonyl (C=O) groups is 1. The number of aromatic nitrogens is 1. The number of rotatable bonds is 3. The lowest BCUT2D eigenvalue weighted by Crippen LogP contribution is -2.07. The summed E-state index contributed by atoms with van der Waals surface area (Å²) in [5, 5.41) is 8.39. The number of aryl methyl sites for hydroxylation is 1. The van der Waals surface area contributed by atoms with E-state index < -0.39 is 18.1 Å². The van der Waals surface area contributed by atoms with Crippen LogP contribution < -0.4 is 0 Å². The first-order chi connectivity index (χ1) is 6.91. The number of carboxylic acid groups (broad SMARTS) is 1. The molecule has 0 fully saturated rings. The smallest absolute Gasteiger partial charge is 0.309 e. The van der Waals surface area contributed by atoms with Crippen molar-refractivity contribution in [2.75, 3.05) is 0 Å². The number of carboxylic acids is 1. The molecule has 1 aromatic rings. The van der Waals surface area contributed by atoms with Crippen molar-refractivity contribution in [3.05, 3.63) is 28.0 Å². The van der Waals surface area contributed by atoms with Gasteiger partial charge in [-0.2, -0.15) is 0 Å². The SMILES string of the molecule is Cc1cc(Cl)c(C(F)F)nc1CC(=O)O. The molecule has 0 saturated heterocycles. The molecule has 1 aromatic heterocycles. The number of hydrogen-bond donors (Lipinski definition) is 1. The second kappa shape index (κ2) is 4.53. The molecule has 6 heteroatoms. The largest absolute Gasteiger partial charge is 0.481 e. The number of halogens is 3. The summed E-state index contributed by atoms with van der Waals surface area (Å²) in [5.74, 6) is -1.12. The first-order valence-corrected chi connectivity index (χ1v) is 4.45. The van der Waals surface area contributed by atoms with Gasteiger partial charge in [-0.05, 0) is 18.6 Å². The molecule has 0 bridgehead atoms. The normalized spacial score (nSPS) is 10.7.